The highest BCUT2D eigenvalue weighted by Gasteiger charge is 2.06. The van der Waals surface area contributed by atoms with Gasteiger partial charge in [-0.15, -0.1) is 5.10 Å². The van der Waals surface area contributed by atoms with Gasteiger partial charge in [-0.25, -0.2) is 0 Å². The van der Waals surface area contributed by atoms with Crippen molar-refractivity contribution in [2.75, 3.05) is 23.3 Å². The van der Waals surface area contributed by atoms with Gasteiger partial charge in [0.2, 0.25) is 5.95 Å². The zero-order valence-electron chi connectivity index (χ0n) is 10.6. The van der Waals surface area contributed by atoms with Crippen LogP contribution in [-0.4, -0.2) is 28.3 Å². The molecule has 0 spiro atoms. The van der Waals surface area contributed by atoms with E-state index in [0.29, 0.717) is 12.5 Å². The molecule has 2 aromatic rings. The van der Waals surface area contributed by atoms with Crippen molar-refractivity contribution in [2.45, 2.75) is 20.4 Å². The molecule has 0 aliphatic rings. The molecule has 18 heavy (non-hydrogen) atoms. The molecule has 0 saturated carbocycles. The van der Waals surface area contributed by atoms with E-state index >= 15 is 0 Å². The molecule has 2 heterocycles. The van der Waals surface area contributed by atoms with Crippen molar-refractivity contribution in [3.8, 4) is 0 Å². The monoisotopic (exact) mass is 247 g/mol. The second kappa shape index (κ2) is 6.00. The molecule has 0 aliphatic heterocycles. The fraction of sp³-hybridized carbons (Fsp3) is 0.417. The third kappa shape index (κ3) is 2.97. The largest absolute Gasteiger partial charge is 0.467 e. The summed E-state index contributed by atoms with van der Waals surface area (Å²) in [7, 11) is 0. The second-order valence-corrected chi connectivity index (χ2v) is 3.74. The lowest BCUT2D eigenvalue weighted by Crippen LogP contribution is -2.23. The van der Waals surface area contributed by atoms with E-state index in [-0.39, 0.29) is 0 Å². The number of nitrogens with one attached hydrogen (secondary N) is 1. The predicted octanol–water partition coefficient (Wildman–Crippen LogP) is 1.92. The molecule has 2 rings (SSSR count). The highest BCUT2D eigenvalue weighted by atomic mass is 16.3. The number of hydrogen-bond acceptors (Lipinski definition) is 6. The van der Waals surface area contributed by atoms with E-state index in [4.69, 9.17) is 4.42 Å². The Bertz CT molecular complexity index is 467. The van der Waals surface area contributed by atoms with E-state index in [2.05, 4.69) is 39.2 Å². The Kier molecular flexibility index (Phi) is 4.11. The summed E-state index contributed by atoms with van der Waals surface area (Å²) in [5.41, 5.74) is 0. The van der Waals surface area contributed by atoms with Crippen molar-refractivity contribution in [1.82, 2.24) is 15.2 Å². The smallest absolute Gasteiger partial charge is 0.245 e. The van der Waals surface area contributed by atoms with Crippen LogP contribution in [0.15, 0.2) is 29.0 Å². The van der Waals surface area contributed by atoms with Crippen LogP contribution in [-0.2, 0) is 6.54 Å². The number of hydrogen-bond donors (Lipinski definition) is 1. The SMILES string of the molecule is CCN(CC)c1cnnc(NCc2ccco2)n1. The first-order valence-electron chi connectivity index (χ1n) is 6.04. The maximum atomic E-state index is 5.23. The topological polar surface area (TPSA) is 67.1 Å². The van der Waals surface area contributed by atoms with Crippen molar-refractivity contribution in [1.29, 1.82) is 0 Å². The molecular formula is C12H17N5O. The van der Waals surface area contributed by atoms with Crippen molar-refractivity contribution in [3.05, 3.63) is 30.4 Å². The number of nitrogens with zero attached hydrogens (tertiary/aromatic N) is 4. The molecule has 96 valence electrons. The van der Waals surface area contributed by atoms with Crippen molar-refractivity contribution in [3.63, 3.8) is 0 Å². The molecule has 0 atom stereocenters. The zero-order chi connectivity index (χ0) is 12.8. The van der Waals surface area contributed by atoms with E-state index in [0.717, 1.165) is 24.7 Å². The van der Waals surface area contributed by atoms with Crippen LogP contribution in [0.25, 0.3) is 0 Å². The minimum atomic E-state index is 0.510. The summed E-state index contributed by atoms with van der Waals surface area (Å²) in [4.78, 5) is 6.53. The molecule has 0 amide bonds. The van der Waals surface area contributed by atoms with Gasteiger partial charge in [-0.05, 0) is 26.0 Å². The number of anilines is 2. The van der Waals surface area contributed by atoms with Crippen molar-refractivity contribution in [2.24, 2.45) is 0 Å². The average Bonchev–Trinajstić information content (AvgIpc) is 2.92. The summed E-state index contributed by atoms with van der Waals surface area (Å²) in [6.07, 6.45) is 3.31. The fourth-order valence-electron chi connectivity index (χ4n) is 1.65. The zero-order valence-corrected chi connectivity index (χ0v) is 10.6. The summed E-state index contributed by atoms with van der Waals surface area (Å²) in [5.74, 6) is 2.18. The molecule has 0 aliphatic carbocycles. The first kappa shape index (κ1) is 12.3. The van der Waals surface area contributed by atoms with Crippen molar-refractivity contribution < 1.29 is 4.42 Å². The van der Waals surface area contributed by atoms with Crippen LogP contribution in [0.5, 0.6) is 0 Å². The van der Waals surface area contributed by atoms with E-state index < -0.39 is 0 Å². The summed E-state index contributed by atoms with van der Waals surface area (Å²) >= 11 is 0. The van der Waals surface area contributed by atoms with Crippen molar-refractivity contribution >= 4 is 11.8 Å². The molecule has 2 aromatic heterocycles. The maximum Gasteiger partial charge on any atom is 0.245 e. The molecule has 0 radical (unpaired) electrons. The van der Waals surface area contributed by atoms with Crippen LogP contribution < -0.4 is 10.2 Å². The average molecular weight is 247 g/mol. The molecule has 0 bridgehead atoms. The van der Waals surface area contributed by atoms with E-state index in [9.17, 15) is 0 Å². The normalized spacial score (nSPS) is 10.3. The van der Waals surface area contributed by atoms with Crippen LogP contribution in [0.1, 0.15) is 19.6 Å². The van der Waals surface area contributed by atoms with Gasteiger partial charge in [-0.2, -0.15) is 10.1 Å². The van der Waals surface area contributed by atoms with Crippen LogP contribution in [0.4, 0.5) is 11.8 Å². The molecule has 6 heteroatoms. The molecule has 0 saturated heterocycles. The van der Waals surface area contributed by atoms with Gasteiger partial charge < -0.3 is 14.6 Å². The van der Waals surface area contributed by atoms with Gasteiger partial charge in [0.05, 0.1) is 19.0 Å². The maximum absolute atomic E-state index is 5.23. The molecular weight excluding hydrogens is 230 g/mol. The summed E-state index contributed by atoms with van der Waals surface area (Å²) in [6.45, 7) is 6.51. The minimum Gasteiger partial charge on any atom is -0.467 e. The molecule has 0 aromatic carbocycles. The van der Waals surface area contributed by atoms with Crippen LogP contribution >= 0.6 is 0 Å². The number of furan rings is 1. The fourth-order valence-corrected chi connectivity index (χ4v) is 1.65. The molecule has 0 unspecified atom stereocenters. The van der Waals surface area contributed by atoms with E-state index in [1.165, 1.54) is 0 Å². The van der Waals surface area contributed by atoms with Gasteiger partial charge in [-0.3, -0.25) is 0 Å². The Labute approximate surface area is 106 Å². The lowest BCUT2D eigenvalue weighted by Gasteiger charge is -2.19. The van der Waals surface area contributed by atoms with Gasteiger partial charge in [0, 0.05) is 13.1 Å². The van der Waals surface area contributed by atoms with E-state index in [1.807, 2.05) is 12.1 Å². The van der Waals surface area contributed by atoms with Gasteiger partial charge in [0.15, 0.2) is 5.82 Å². The first-order valence-corrected chi connectivity index (χ1v) is 6.04. The number of aromatic nitrogens is 3. The van der Waals surface area contributed by atoms with Crippen LogP contribution in [0.3, 0.4) is 0 Å². The lowest BCUT2D eigenvalue weighted by molar-refractivity contribution is 0.517. The molecule has 1 N–H and O–H groups in total. The Hall–Kier alpha value is -2.11. The van der Waals surface area contributed by atoms with Crippen LogP contribution in [0, 0.1) is 0 Å². The highest BCUT2D eigenvalue weighted by Crippen LogP contribution is 2.10. The third-order valence-electron chi connectivity index (χ3n) is 2.63. The lowest BCUT2D eigenvalue weighted by atomic mass is 10.4. The van der Waals surface area contributed by atoms with Gasteiger partial charge in [-0.1, -0.05) is 0 Å². The minimum absolute atomic E-state index is 0.510. The second-order valence-electron chi connectivity index (χ2n) is 3.74. The van der Waals surface area contributed by atoms with Crippen LogP contribution in [0.2, 0.25) is 0 Å². The van der Waals surface area contributed by atoms with Gasteiger partial charge >= 0.3 is 0 Å². The first-order chi connectivity index (χ1) is 8.83. The Morgan fingerprint density at radius 3 is 2.83 bits per heavy atom. The Morgan fingerprint density at radius 1 is 1.33 bits per heavy atom. The Morgan fingerprint density at radius 2 is 2.17 bits per heavy atom. The van der Waals surface area contributed by atoms with Gasteiger partial charge in [0.25, 0.3) is 0 Å². The molecule has 6 nitrogen and oxygen atoms in total. The summed E-state index contributed by atoms with van der Waals surface area (Å²) in [5, 5.41) is 11.0. The standard InChI is InChI=1S/C12H17N5O/c1-3-17(4-2)11-9-14-16-12(15-11)13-8-10-6-5-7-18-10/h5-7,9H,3-4,8H2,1-2H3,(H,13,15,16). The summed E-state index contributed by atoms with van der Waals surface area (Å²) < 4.78 is 5.23. The summed E-state index contributed by atoms with van der Waals surface area (Å²) in [6, 6.07) is 3.75. The number of rotatable bonds is 6. The highest BCUT2D eigenvalue weighted by molar-refractivity contribution is 5.39. The third-order valence-corrected chi connectivity index (χ3v) is 2.63. The van der Waals surface area contributed by atoms with E-state index in [1.54, 1.807) is 12.5 Å². The molecule has 0 fully saturated rings. The predicted molar refractivity (Wildman–Crippen MR) is 69.4 cm³/mol. The Balaban J connectivity index is 2.02. The van der Waals surface area contributed by atoms with Gasteiger partial charge in [0.1, 0.15) is 5.76 Å². The quantitative estimate of drug-likeness (QED) is 0.841.